The van der Waals surface area contributed by atoms with Gasteiger partial charge in [0.05, 0.1) is 29.7 Å². The number of hydrogen-bond donors (Lipinski definition) is 2. The van der Waals surface area contributed by atoms with Gasteiger partial charge in [-0.1, -0.05) is 29.8 Å². The van der Waals surface area contributed by atoms with E-state index in [1.54, 1.807) is 51.1 Å². The van der Waals surface area contributed by atoms with Crippen LogP contribution in [0, 0.1) is 11.3 Å². The number of amides is 1. The fourth-order valence-electron chi connectivity index (χ4n) is 3.70. The van der Waals surface area contributed by atoms with Gasteiger partial charge in [-0.25, -0.2) is 4.79 Å². The highest BCUT2D eigenvalue weighted by Crippen LogP contribution is 2.45. The molecule has 9 nitrogen and oxygen atoms in total. The molecule has 1 aliphatic heterocycles. The molecule has 10 heteroatoms. The summed E-state index contributed by atoms with van der Waals surface area (Å²) in [7, 11) is 0. The van der Waals surface area contributed by atoms with E-state index in [1.165, 1.54) is 6.07 Å². The molecular formula is C26H26ClN3O6. The Morgan fingerprint density at radius 1 is 1.17 bits per heavy atom. The molecule has 0 aliphatic carbocycles. The second-order valence-corrected chi connectivity index (χ2v) is 7.99. The van der Waals surface area contributed by atoms with Crippen LogP contribution in [0.25, 0.3) is 0 Å². The van der Waals surface area contributed by atoms with Gasteiger partial charge in [0.1, 0.15) is 17.4 Å². The van der Waals surface area contributed by atoms with Crippen LogP contribution in [0.4, 0.5) is 5.69 Å². The highest BCUT2D eigenvalue weighted by Gasteiger charge is 2.37. The van der Waals surface area contributed by atoms with Crippen LogP contribution in [0.1, 0.15) is 32.3 Å². The molecule has 188 valence electrons. The van der Waals surface area contributed by atoms with Crippen molar-refractivity contribution >= 4 is 29.2 Å². The molecule has 36 heavy (non-hydrogen) atoms. The molecule has 1 heterocycles. The Kier molecular flexibility index (Phi) is 8.81. The van der Waals surface area contributed by atoms with Crippen molar-refractivity contribution in [1.82, 2.24) is 0 Å². The van der Waals surface area contributed by atoms with Gasteiger partial charge < -0.3 is 30.0 Å². The number of nitrogens with one attached hydrogen (secondary N) is 1. The molecular weight excluding hydrogens is 486 g/mol. The van der Waals surface area contributed by atoms with Crippen molar-refractivity contribution in [2.45, 2.75) is 26.7 Å². The lowest BCUT2D eigenvalue weighted by molar-refractivity contribution is -0.139. The van der Waals surface area contributed by atoms with Crippen LogP contribution in [-0.4, -0.2) is 31.7 Å². The number of nitrogens with two attached hydrogens (primary N) is 1. The Labute approximate surface area is 214 Å². The number of anilines is 1. The first kappa shape index (κ1) is 26.4. The Hall–Kier alpha value is -4.16. The van der Waals surface area contributed by atoms with Crippen molar-refractivity contribution in [3.63, 3.8) is 0 Å². The number of halogens is 1. The monoisotopic (exact) mass is 511 g/mol. The normalized spacial score (nSPS) is 15.0. The molecule has 3 N–H and O–H groups in total. The van der Waals surface area contributed by atoms with E-state index in [4.69, 9.17) is 36.3 Å². The standard InChI is InChI=1S/C26H26ClN3O6/c1-4-33-20-12-16(23-18(13-28)25(29)36-15(3)22(23)26(32)34-5-2)11-19(27)24(20)35-14-21(31)30-17-9-7-6-8-10-17/h6-12,23H,4-5,14,29H2,1-3H3,(H,30,31). The van der Waals surface area contributed by atoms with Crippen LogP contribution in [0.5, 0.6) is 11.5 Å². The molecule has 0 spiro atoms. The molecule has 0 saturated heterocycles. The molecule has 0 radical (unpaired) electrons. The number of para-hydroxylation sites is 1. The van der Waals surface area contributed by atoms with Crippen LogP contribution < -0.4 is 20.5 Å². The van der Waals surface area contributed by atoms with E-state index in [1.807, 2.05) is 12.1 Å². The van der Waals surface area contributed by atoms with Crippen LogP contribution in [-0.2, 0) is 19.1 Å². The predicted molar refractivity (Wildman–Crippen MR) is 133 cm³/mol. The average molecular weight is 512 g/mol. The van der Waals surface area contributed by atoms with Gasteiger partial charge in [-0.15, -0.1) is 0 Å². The first-order chi connectivity index (χ1) is 17.3. The fraction of sp³-hybridized carbons (Fsp3) is 0.269. The fourth-order valence-corrected chi connectivity index (χ4v) is 3.98. The van der Waals surface area contributed by atoms with Gasteiger partial charge in [-0.2, -0.15) is 5.26 Å². The maximum Gasteiger partial charge on any atom is 0.338 e. The second-order valence-electron chi connectivity index (χ2n) is 7.58. The van der Waals surface area contributed by atoms with Gasteiger partial charge in [0, 0.05) is 5.69 Å². The molecule has 1 aliphatic rings. The van der Waals surface area contributed by atoms with E-state index < -0.39 is 11.9 Å². The molecule has 0 fully saturated rings. The minimum absolute atomic E-state index is 0.0260. The molecule has 2 aromatic carbocycles. The molecule has 2 aromatic rings. The Morgan fingerprint density at radius 2 is 1.89 bits per heavy atom. The zero-order valence-corrected chi connectivity index (χ0v) is 20.8. The molecule has 1 atom stereocenters. The average Bonchev–Trinajstić information content (AvgIpc) is 2.84. The molecule has 3 rings (SSSR count). The van der Waals surface area contributed by atoms with Gasteiger partial charge in [0.25, 0.3) is 5.91 Å². The lowest BCUT2D eigenvalue weighted by Gasteiger charge is -2.27. The first-order valence-corrected chi connectivity index (χ1v) is 11.6. The summed E-state index contributed by atoms with van der Waals surface area (Å²) in [6, 6.07) is 14.1. The van der Waals surface area contributed by atoms with Gasteiger partial charge in [-0.05, 0) is 50.6 Å². The lowest BCUT2D eigenvalue weighted by atomic mass is 9.83. The number of esters is 1. The van der Waals surface area contributed by atoms with E-state index in [9.17, 15) is 14.9 Å². The summed E-state index contributed by atoms with van der Waals surface area (Å²) in [5.41, 5.74) is 7.18. The summed E-state index contributed by atoms with van der Waals surface area (Å²) >= 11 is 6.55. The van der Waals surface area contributed by atoms with E-state index in [-0.39, 0.29) is 65.0 Å². The van der Waals surface area contributed by atoms with Gasteiger partial charge >= 0.3 is 5.97 Å². The highest BCUT2D eigenvalue weighted by atomic mass is 35.5. The summed E-state index contributed by atoms with van der Waals surface area (Å²) in [6.45, 7) is 5.08. The summed E-state index contributed by atoms with van der Waals surface area (Å²) < 4.78 is 22.1. The number of allylic oxidation sites excluding steroid dienone is 2. The van der Waals surface area contributed by atoms with Gasteiger partial charge in [0.15, 0.2) is 18.1 Å². The van der Waals surface area contributed by atoms with Crippen LogP contribution in [0.15, 0.2) is 65.3 Å². The summed E-state index contributed by atoms with van der Waals surface area (Å²) in [4.78, 5) is 25.2. The summed E-state index contributed by atoms with van der Waals surface area (Å²) in [6.07, 6.45) is 0. The van der Waals surface area contributed by atoms with E-state index in [0.29, 0.717) is 11.3 Å². The third kappa shape index (κ3) is 5.90. The maximum atomic E-state index is 12.8. The Balaban J connectivity index is 1.97. The van der Waals surface area contributed by atoms with Crippen molar-refractivity contribution in [1.29, 1.82) is 5.26 Å². The van der Waals surface area contributed by atoms with Crippen LogP contribution in [0.3, 0.4) is 0 Å². The Bertz CT molecular complexity index is 1250. The number of rotatable bonds is 9. The quantitative estimate of drug-likeness (QED) is 0.473. The van der Waals surface area contributed by atoms with Crippen LogP contribution >= 0.6 is 11.6 Å². The topological polar surface area (TPSA) is 133 Å². The molecule has 0 bridgehead atoms. The van der Waals surface area contributed by atoms with E-state index in [2.05, 4.69) is 5.32 Å². The lowest BCUT2D eigenvalue weighted by Crippen LogP contribution is -2.25. The second kappa shape index (κ2) is 12.0. The van der Waals surface area contributed by atoms with Gasteiger partial charge in [-0.3, -0.25) is 4.79 Å². The minimum Gasteiger partial charge on any atom is -0.490 e. The molecule has 1 amide bonds. The smallest absolute Gasteiger partial charge is 0.338 e. The number of carbonyl (C=O) groups excluding carboxylic acids is 2. The van der Waals surface area contributed by atoms with Gasteiger partial charge in [0.2, 0.25) is 5.88 Å². The summed E-state index contributed by atoms with van der Waals surface area (Å²) in [5.74, 6) is -1.48. The van der Waals surface area contributed by atoms with Crippen molar-refractivity contribution in [2.75, 3.05) is 25.1 Å². The minimum atomic E-state index is -0.907. The summed E-state index contributed by atoms with van der Waals surface area (Å²) in [5, 5.41) is 12.6. The number of nitriles is 1. The van der Waals surface area contributed by atoms with Crippen molar-refractivity contribution in [3.8, 4) is 17.6 Å². The largest absolute Gasteiger partial charge is 0.490 e. The number of carbonyl (C=O) groups is 2. The zero-order chi connectivity index (χ0) is 26.2. The molecule has 1 unspecified atom stereocenters. The van der Waals surface area contributed by atoms with E-state index in [0.717, 1.165) is 0 Å². The number of benzene rings is 2. The highest BCUT2D eigenvalue weighted by molar-refractivity contribution is 6.32. The number of ether oxygens (including phenoxy) is 4. The SMILES string of the molecule is CCOC(=O)C1=C(C)OC(N)=C(C#N)C1c1cc(Cl)c(OCC(=O)Nc2ccccc2)c(OCC)c1. The molecule has 0 aromatic heterocycles. The third-order valence-electron chi connectivity index (χ3n) is 5.17. The van der Waals surface area contributed by atoms with Crippen molar-refractivity contribution in [2.24, 2.45) is 5.73 Å². The van der Waals surface area contributed by atoms with Crippen molar-refractivity contribution in [3.05, 3.63) is 75.8 Å². The maximum absolute atomic E-state index is 12.8. The van der Waals surface area contributed by atoms with E-state index >= 15 is 0 Å². The number of hydrogen-bond acceptors (Lipinski definition) is 8. The number of nitrogens with zero attached hydrogens (tertiary/aromatic N) is 1. The van der Waals surface area contributed by atoms with Crippen molar-refractivity contribution < 1.29 is 28.5 Å². The Morgan fingerprint density at radius 3 is 2.53 bits per heavy atom. The van der Waals surface area contributed by atoms with Crippen LogP contribution in [0.2, 0.25) is 5.02 Å². The predicted octanol–water partition coefficient (Wildman–Crippen LogP) is 4.40. The zero-order valence-electron chi connectivity index (χ0n) is 20.1. The first-order valence-electron chi connectivity index (χ1n) is 11.2. The molecule has 0 saturated carbocycles. The third-order valence-corrected chi connectivity index (χ3v) is 5.45.